The van der Waals surface area contributed by atoms with Crippen molar-refractivity contribution in [3.8, 4) is 0 Å². The molecular formula is C14H15F2NO2. The number of nitrogens with zero attached hydrogens (tertiary/aromatic N) is 1. The minimum absolute atomic E-state index is 0.0521. The highest BCUT2D eigenvalue weighted by Crippen LogP contribution is 2.32. The van der Waals surface area contributed by atoms with E-state index in [2.05, 4.69) is 0 Å². The fourth-order valence-electron chi connectivity index (χ4n) is 2.22. The summed E-state index contributed by atoms with van der Waals surface area (Å²) in [5.41, 5.74) is -0.257. The van der Waals surface area contributed by atoms with Gasteiger partial charge >= 0.3 is 0 Å². The molecule has 0 radical (unpaired) electrons. The Morgan fingerprint density at radius 2 is 1.89 bits per heavy atom. The van der Waals surface area contributed by atoms with Crippen LogP contribution in [0.4, 0.5) is 14.5 Å². The predicted octanol–water partition coefficient (Wildman–Crippen LogP) is 2.93. The number of hydrogen-bond donors (Lipinski definition) is 0. The van der Waals surface area contributed by atoms with Crippen molar-refractivity contribution in [3.05, 3.63) is 29.3 Å². The molecule has 5 heteroatoms. The van der Waals surface area contributed by atoms with E-state index in [1.54, 1.807) is 0 Å². The fraction of sp³-hybridized carbons (Fsp3) is 0.429. The molecular weight excluding hydrogens is 252 g/mol. The molecule has 1 heterocycles. The number of anilines is 1. The van der Waals surface area contributed by atoms with Crippen LogP contribution in [0.5, 0.6) is 0 Å². The highest BCUT2D eigenvalue weighted by molar-refractivity contribution is 6.52. The Morgan fingerprint density at radius 3 is 2.53 bits per heavy atom. The number of amides is 1. The summed E-state index contributed by atoms with van der Waals surface area (Å²) in [4.78, 5) is 24.6. The Balaban J connectivity index is 2.28. The van der Waals surface area contributed by atoms with Crippen LogP contribution >= 0.6 is 0 Å². The van der Waals surface area contributed by atoms with Gasteiger partial charge in [0.1, 0.15) is 11.6 Å². The monoisotopic (exact) mass is 267 g/mol. The number of halogens is 2. The molecule has 2 rings (SSSR count). The third kappa shape index (κ3) is 2.50. The van der Waals surface area contributed by atoms with E-state index in [-0.39, 0.29) is 11.3 Å². The van der Waals surface area contributed by atoms with Gasteiger partial charge in [0.2, 0.25) is 0 Å². The highest BCUT2D eigenvalue weighted by Gasteiger charge is 2.38. The number of ketones is 1. The van der Waals surface area contributed by atoms with E-state index in [1.165, 1.54) is 4.90 Å². The van der Waals surface area contributed by atoms with Gasteiger partial charge in [0.15, 0.2) is 0 Å². The number of carbonyl (C=O) groups is 2. The summed E-state index contributed by atoms with van der Waals surface area (Å²) >= 11 is 0. The lowest BCUT2D eigenvalue weighted by Gasteiger charge is -2.17. The largest absolute Gasteiger partial charge is 0.305 e. The van der Waals surface area contributed by atoms with Crippen LogP contribution in [0.15, 0.2) is 12.1 Å². The molecule has 0 saturated carbocycles. The minimum atomic E-state index is -0.972. The average Bonchev–Trinajstić information content (AvgIpc) is 2.53. The molecule has 0 spiro atoms. The molecule has 0 N–H and O–H groups in total. The zero-order valence-corrected chi connectivity index (χ0v) is 10.9. The Morgan fingerprint density at radius 1 is 1.21 bits per heavy atom. The summed E-state index contributed by atoms with van der Waals surface area (Å²) in [5, 5.41) is 0. The van der Waals surface area contributed by atoms with Crippen molar-refractivity contribution >= 4 is 17.4 Å². The van der Waals surface area contributed by atoms with Gasteiger partial charge < -0.3 is 4.90 Å². The third-order valence-corrected chi connectivity index (χ3v) is 3.15. The molecule has 0 saturated heterocycles. The van der Waals surface area contributed by atoms with Crippen LogP contribution in [-0.4, -0.2) is 18.2 Å². The van der Waals surface area contributed by atoms with Gasteiger partial charge in [0.05, 0.1) is 11.3 Å². The molecule has 0 atom stereocenters. The lowest BCUT2D eigenvalue weighted by Crippen LogP contribution is -2.30. The maximum Gasteiger partial charge on any atom is 0.299 e. The Kier molecular flexibility index (Phi) is 3.64. The molecule has 0 aromatic heterocycles. The van der Waals surface area contributed by atoms with Crippen LogP contribution in [0.3, 0.4) is 0 Å². The third-order valence-electron chi connectivity index (χ3n) is 3.15. The SMILES string of the molecule is CC(C)CCCN1C(=O)C(=O)c2c(F)cc(F)cc21. The lowest BCUT2D eigenvalue weighted by atomic mass is 10.1. The van der Waals surface area contributed by atoms with Crippen molar-refractivity contribution in [1.29, 1.82) is 0 Å². The average molecular weight is 267 g/mol. The van der Waals surface area contributed by atoms with Crippen LogP contribution in [0.1, 0.15) is 37.0 Å². The lowest BCUT2D eigenvalue weighted by molar-refractivity contribution is -0.114. The zero-order chi connectivity index (χ0) is 14.2. The van der Waals surface area contributed by atoms with Gasteiger partial charge in [0.25, 0.3) is 11.7 Å². The summed E-state index contributed by atoms with van der Waals surface area (Å²) in [6.07, 6.45) is 1.57. The zero-order valence-electron chi connectivity index (χ0n) is 10.9. The first-order valence-corrected chi connectivity index (χ1v) is 6.27. The summed E-state index contributed by atoms with van der Waals surface area (Å²) in [7, 11) is 0. The molecule has 0 bridgehead atoms. The number of benzene rings is 1. The van der Waals surface area contributed by atoms with Gasteiger partial charge in [-0.1, -0.05) is 13.8 Å². The predicted molar refractivity (Wildman–Crippen MR) is 67.1 cm³/mol. The maximum absolute atomic E-state index is 13.6. The molecule has 1 aromatic carbocycles. The normalized spacial score (nSPS) is 14.5. The van der Waals surface area contributed by atoms with Crippen LogP contribution in [-0.2, 0) is 4.79 Å². The topological polar surface area (TPSA) is 37.4 Å². The standard InChI is InChI=1S/C14H15F2NO2/c1-8(2)4-3-5-17-11-7-9(15)6-10(16)12(11)13(18)14(17)19/h6-8H,3-5H2,1-2H3. The molecule has 0 fully saturated rings. The van der Waals surface area contributed by atoms with Crippen LogP contribution in [0.25, 0.3) is 0 Å². The first kappa shape index (κ1) is 13.6. The molecule has 1 aromatic rings. The molecule has 3 nitrogen and oxygen atoms in total. The molecule has 0 aliphatic carbocycles. The summed E-state index contributed by atoms with van der Waals surface area (Å²) in [5.74, 6) is -2.95. The molecule has 1 amide bonds. The molecule has 0 unspecified atom stereocenters. The van der Waals surface area contributed by atoms with Gasteiger partial charge in [-0.3, -0.25) is 9.59 Å². The van der Waals surface area contributed by atoms with E-state index in [0.717, 1.165) is 12.5 Å². The van der Waals surface area contributed by atoms with E-state index in [9.17, 15) is 18.4 Å². The summed E-state index contributed by atoms with van der Waals surface area (Å²) < 4.78 is 26.8. The molecule has 19 heavy (non-hydrogen) atoms. The van der Waals surface area contributed by atoms with E-state index in [4.69, 9.17) is 0 Å². The van der Waals surface area contributed by atoms with Crippen molar-refractivity contribution in [2.45, 2.75) is 26.7 Å². The number of Topliss-reactive ketones (excluding diaryl/α,β-unsaturated/α-hetero) is 1. The summed E-state index contributed by atoms with van der Waals surface area (Å²) in [6, 6.07) is 1.66. The number of hydrogen-bond acceptors (Lipinski definition) is 2. The second-order valence-electron chi connectivity index (χ2n) is 5.10. The quantitative estimate of drug-likeness (QED) is 0.786. The van der Waals surface area contributed by atoms with Gasteiger partial charge in [0, 0.05) is 12.6 Å². The Labute approximate surface area is 110 Å². The second-order valence-corrected chi connectivity index (χ2v) is 5.10. The van der Waals surface area contributed by atoms with Gasteiger partial charge in [-0.25, -0.2) is 8.78 Å². The van der Waals surface area contributed by atoms with E-state index < -0.39 is 23.3 Å². The van der Waals surface area contributed by atoms with E-state index in [1.807, 2.05) is 13.8 Å². The number of fused-ring (bicyclic) bond motifs is 1. The minimum Gasteiger partial charge on any atom is -0.305 e. The van der Waals surface area contributed by atoms with Crippen LogP contribution < -0.4 is 4.90 Å². The van der Waals surface area contributed by atoms with Gasteiger partial charge in [-0.2, -0.15) is 0 Å². The van der Waals surface area contributed by atoms with Crippen molar-refractivity contribution in [1.82, 2.24) is 0 Å². The Hall–Kier alpha value is -1.78. The summed E-state index contributed by atoms with van der Waals surface area (Å²) in [6.45, 7) is 4.40. The van der Waals surface area contributed by atoms with Crippen LogP contribution in [0, 0.1) is 17.6 Å². The molecule has 1 aliphatic heterocycles. The maximum atomic E-state index is 13.6. The second kappa shape index (κ2) is 5.07. The number of rotatable bonds is 4. The van der Waals surface area contributed by atoms with Crippen molar-refractivity contribution in [2.75, 3.05) is 11.4 Å². The Bertz CT molecular complexity index is 540. The van der Waals surface area contributed by atoms with Crippen molar-refractivity contribution < 1.29 is 18.4 Å². The number of carbonyl (C=O) groups excluding carboxylic acids is 2. The first-order valence-electron chi connectivity index (χ1n) is 6.27. The van der Waals surface area contributed by atoms with Crippen LogP contribution in [0.2, 0.25) is 0 Å². The fourth-order valence-corrected chi connectivity index (χ4v) is 2.22. The molecule has 1 aliphatic rings. The smallest absolute Gasteiger partial charge is 0.299 e. The molecule has 102 valence electrons. The first-order chi connectivity index (χ1) is 8.91. The van der Waals surface area contributed by atoms with Gasteiger partial charge in [-0.05, 0) is 24.8 Å². The van der Waals surface area contributed by atoms with E-state index in [0.29, 0.717) is 24.9 Å². The van der Waals surface area contributed by atoms with Crippen molar-refractivity contribution in [2.24, 2.45) is 5.92 Å². The highest BCUT2D eigenvalue weighted by atomic mass is 19.1. The van der Waals surface area contributed by atoms with Gasteiger partial charge in [-0.15, -0.1) is 0 Å². The van der Waals surface area contributed by atoms with E-state index >= 15 is 0 Å². The van der Waals surface area contributed by atoms with Crippen molar-refractivity contribution in [3.63, 3.8) is 0 Å².